The maximum absolute atomic E-state index is 11.9. The summed E-state index contributed by atoms with van der Waals surface area (Å²) in [6.07, 6.45) is 3.67. The molecule has 1 aliphatic carbocycles. The van der Waals surface area contributed by atoms with Gasteiger partial charge in [0.15, 0.2) is 0 Å². The van der Waals surface area contributed by atoms with Gasteiger partial charge in [0.05, 0.1) is 7.11 Å². The van der Waals surface area contributed by atoms with E-state index in [9.17, 15) is 4.79 Å². The largest absolute Gasteiger partial charge is 0.497 e. The van der Waals surface area contributed by atoms with E-state index in [4.69, 9.17) is 4.74 Å². The number of carbonyl (C=O) groups excluding carboxylic acids is 1. The van der Waals surface area contributed by atoms with Crippen molar-refractivity contribution in [2.75, 3.05) is 12.4 Å². The second-order valence-electron chi connectivity index (χ2n) is 4.87. The minimum absolute atomic E-state index is 0.155. The molecule has 1 aliphatic rings. The predicted molar refractivity (Wildman–Crippen MR) is 78.8 cm³/mol. The molecule has 0 atom stereocenters. The summed E-state index contributed by atoms with van der Waals surface area (Å²) in [6, 6.07) is 9.32. The molecule has 1 heterocycles. The molecule has 108 valence electrons. The number of benzene rings is 1. The first-order valence-electron chi connectivity index (χ1n) is 6.79. The average Bonchev–Trinajstić information content (AvgIpc) is 3.32. The molecule has 1 fully saturated rings. The molecule has 0 unspecified atom stereocenters. The Morgan fingerprint density at radius 2 is 2.00 bits per heavy atom. The minimum atomic E-state index is -0.155. The van der Waals surface area contributed by atoms with Crippen LogP contribution in [0.1, 0.15) is 23.3 Å². The van der Waals surface area contributed by atoms with E-state index in [1.807, 2.05) is 24.3 Å². The molecule has 0 aliphatic heterocycles. The summed E-state index contributed by atoms with van der Waals surface area (Å²) in [5.41, 5.74) is 1.20. The molecule has 6 nitrogen and oxygen atoms in total. The molecule has 2 aromatic rings. The van der Waals surface area contributed by atoms with E-state index in [0.717, 1.165) is 24.3 Å². The highest BCUT2D eigenvalue weighted by Crippen LogP contribution is 2.20. The third kappa shape index (κ3) is 3.47. The van der Waals surface area contributed by atoms with Crippen LogP contribution in [0.4, 0.5) is 11.6 Å². The zero-order chi connectivity index (χ0) is 14.7. The Morgan fingerprint density at radius 3 is 2.67 bits per heavy atom. The fourth-order valence-corrected chi connectivity index (χ4v) is 1.84. The minimum Gasteiger partial charge on any atom is -0.497 e. The maximum Gasteiger partial charge on any atom is 0.270 e. The molecular weight excluding hydrogens is 268 g/mol. The number of aromatic nitrogens is 2. The van der Waals surface area contributed by atoms with Crippen molar-refractivity contribution in [2.24, 2.45) is 0 Å². The number of nitrogens with zero attached hydrogens (tertiary/aromatic N) is 2. The normalized spacial score (nSPS) is 13.6. The van der Waals surface area contributed by atoms with Gasteiger partial charge in [0.1, 0.15) is 11.4 Å². The third-order valence-corrected chi connectivity index (χ3v) is 3.15. The van der Waals surface area contributed by atoms with E-state index in [-0.39, 0.29) is 5.91 Å². The molecule has 1 aromatic carbocycles. The smallest absolute Gasteiger partial charge is 0.270 e. The molecule has 1 saturated carbocycles. The maximum atomic E-state index is 11.9. The summed E-state index contributed by atoms with van der Waals surface area (Å²) in [5.74, 6) is 1.01. The zero-order valence-corrected chi connectivity index (χ0v) is 11.7. The van der Waals surface area contributed by atoms with Gasteiger partial charge in [-0.05, 0) is 43.2 Å². The van der Waals surface area contributed by atoms with Crippen molar-refractivity contribution < 1.29 is 9.53 Å². The molecule has 3 rings (SSSR count). The van der Waals surface area contributed by atoms with Gasteiger partial charge in [-0.15, -0.1) is 0 Å². The number of nitrogens with one attached hydrogen (secondary N) is 2. The number of hydrogen-bond donors (Lipinski definition) is 2. The number of carbonyl (C=O) groups is 1. The Bertz CT molecular complexity index is 638. The molecular formula is C15H16N4O2. The SMILES string of the molecule is COc1ccc(Nc2nccc(C(=O)NC3CC3)n2)cc1. The van der Waals surface area contributed by atoms with Gasteiger partial charge in [-0.25, -0.2) is 9.97 Å². The fraction of sp³-hybridized carbons (Fsp3) is 0.267. The summed E-state index contributed by atoms with van der Waals surface area (Å²) in [5, 5.41) is 5.96. The number of hydrogen-bond acceptors (Lipinski definition) is 5. The molecule has 0 radical (unpaired) electrons. The van der Waals surface area contributed by atoms with Crippen molar-refractivity contribution in [3.8, 4) is 5.75 Å². The van der Waals surface area contributed by atoms with Crippen molar-refractivity contribution >= 4 is 17.5 Å². The molecule has 0 spiro atoms. The van der Waals surface area contributed by atoms with Crippen molar-refractivity contribution in [1.29, 1.82) is 0 Å². The van der Waals surface area contributed by atoms with E-state index in [1.165, 1.54) is 0 Å². The lowest BCUT2D eigenvalue weighted by atomic mass is 10.3. The van der Waals surface area contributed by atoms with Crippen molar-refractivity contribution in [3.05, 3.63) is 42.2 Å². The highest BCUT2D eigenvalue weighted by atomic mass is 16.5. The highest BCUT2D eigenvalue weighted by Gasteiger charge is 2.24. The first-order valence-corrected chi connectivity index (χ1v) is 6.79. The van der Waals surface area contributed by atoms with Crippen LogP contribution in [0.5, 0.6) is 5.75 Å². The number of amides is 1. The van der Waals surface area contributed by atoms with Crippen LogP contribution in [0.15, 0.2) is 36.5 Å². The standard InChI is InChI=1S/C15H16N4O2/c1-21-12-6-4-11(5-7-12)18-15-16-9-8-13(19-15)14(20)17-10-2-3-10/h4-10H,2-3H2,1H3,(H,17,20)(H,16,18,19). The Hall–Kier alpha value is -2.63. The van der Waals surface area contributed by atoms with E-state index in [2.05, 4.69) is 20.6 Å². The van der Waals surface area contributed by atoms with Crippen LogP contribution >= 0.6 is 0 Å². The van der Waals surface area contributed by atoms with Gasteiger partial charge < -0.3 is 15.4 Å². The van der Waals surface area contributed by atoms with E-state index in [1.54, 1.807) is 19.4 Å². The van der Waals surface area contributed by atoms with Gasteiger partial charge in [-0.3, -0.25) is 4.79 Å². The second kappa shape index (κ2) is 5.78. The average molecular weight is 284 g/mol. The molecule has 6 heteroatoms. The molecule has 0 bridgehead atoms. The lowest BCUT2D eigenvalue weighted by Gasteiger charge is -2.07. The monoisotopic (exact) mass is 284 g/mol. The van der Waals surface area contributed by atoms with Crippen LogP contribution in [-0.4, -0.2) is 29.0 Å². The first kappa shape index (κ1) is 13.4. The lowest BCUT2D eigenvalue weighted by molar-refractivity contribution is 0.0946. The van der Waals surface area contributed by atoms with Crippen molar-refractivity contribution in [2.45, 2.75) is 18.9 Å². The van der Waals surface area contributed by atoms with Crippen molar-refractivity contribution in [3.63, 3.8) is 0 Å². The summed E-state index contributed by atoms with van der Waals surface area (Å²) in [6.45, 7) is 0. The van der Waals surface area contributed by atoms with Gasteiger partial charge in [0.25, 0.3) is 5.91 Å². The van der Waals surface area contributed by atoms with E-state index in [0.29, 0.717) is 17.7 Å². The fourth-order valence-electron chi connectivity index (χ4n) is 1.84. The van der Waals surface area contributed by atoms with Gasteiger partial charge in [0, 0.05) is 17.9 Å². The van der Waals surface area contributed by atoms with Crippen LogP contribution in [0.2, 0.25) is 0 Å². The summed E-state index contributed by atoms with van der Waals surface area (Å²) in [7, 11) is 1.62. The topological polar surface area (TPSA) is 76.1 Å². The summed E-state index contributed by atoms with van der Waals surface area (Å²) in [4.78, 5) is 20.3. The predicted octanol–water partition coefficient (Wildman–Crippen LogP) is 2.12. The lowest BCUT2D eigenvalue weighted by Crippen LogP contribution is -2.26. The summed E-state index contributed by atoms with van der Waals surface area (Å²) < 4.78 is 5.10. The van der Waals surface area contributed by atoms with Gasteiger partial charge >= 0.3 is 0 Å². The van der Waals surface area contributed by atoms with Gasteiger partial charge in [-0.2, -0.15) is 0 Å². The number of ether oxygens (including phenoxy) is 1. The van der Waals surface area contributed by atoms with Gasteiger partial charge in [0.2, 0.25) is 5.95 Å². The van der Waals surface area contributed by atoms with Crippen LogP contribution in [0.3, 0.4) is 0 Å². The van der Waals surface area contributed by atoms with Crippen LogP contribution in [0.25, 0.3) is 0 Å². The van der Waals surface area contributed by atoms with Crippen LogP contribution in [-0.2, 0) is 0 Å². The third-order valence-electron chi connectivity index (χ3n) is 3.15. The van der Waals surface area contributed by atoms with E-state index < -0.39 is 0 Å². The Labute approximate surface area is 122 Å². The second-order valence-corrected chi connectivity index (χ2v) is 4.87. The van der Waals surface area contributed by atoms with Crippen LogP contribution in [0, 0.1) is 0 Å². The van der Waals surface area contributed by atoms with Gasteiger partial charge in [-0.1, -0.05) is 0 Å². The number of methoxy groups -OCH3 is 1. The van der Waals surface area contributed by atoms with Crippen LogP contribution < -0.4 is 15.4 Å². The number of anilines is 2. The Kier molecular flexibility index (Phi) is 3.68. The summed E-state index contributed by atoms with van der Waals surface area (Å²) >= 11 is 0. The molecule has 21 heavy (non-hydrogen) atoms. The molecule has 2 N–H and O–H groups in total. The number of rotatable bonds is 5. The Balaban J connectivity index is 1.70. The highest BCUT2D eigenvalue weighted by molar-refractivity contribution is 5.92. The Morgan fingerprint density at radius 1 is 1.24 bits per heavy atom. The molecule has 1 amide bonds. The van der Waals surface area contributed by atoms with Crippen molar-refractivity contribution in [1.82, 2.24) is 15.3 Å². The molecule has 1 aromatic heterocycles. The quantitative estimate of drug-likeness (QED) is 0.879. The molecule has 0 saturated heterocycles. The van der Waals surface area contributed by atoms with E-state index >= 15 is 0 Å². The first-order chi connectivity index (χ1) is 10.2. The zero-order valence-electron chi connectivity index (χ0n) is 11.7.